The van der Waals surface area contributed by atoms with Crippen LogP contribution in [0.5, 0.6) is 0 Å². The van der Waals surface area contributed by atoms with Crippen LogP contribution in [-0.2, 0) is 4.79 Å². The minimum absolute atomic E-state index is 0.00173. The second kappa shape index (κ2) is 4.99. The van der Waals surface area contributed by atoms with Gasteiger partial charge in [-0.05, 0) is 36.0 Å². The molecule has 1 aromatic carbocycles. The summed E-state index contributed by atoms with van der Waals surface area (Å²) < 4.78 is 12.8. The maximum absolute atomic E-state index is 12.8. The summed E-state index contributed by atoms with van der Waals surface area (Å²) in [6, 6.07) is 5.20. The molecule has 7 heteroatoms. The van der Waals surface area contributed by atoms with Gasteiger partial charge in [0.25, 0.3) is 0 Å². The Hall–Kier alpha value is -1.73. The van der Waals surface area contributed by atoms with Crippen LogP contribution < -0.4 is 4.87 Å². The molecular formula is C13H8FNO3S2. The average molecular weight is 309 g/mol. The van der Waals surface area contributed by atoms with Gasteiger partial charge in [-0.25, -0.2) is 4.39 Å². The monoisotopic (exact) mass is 309 g/mol. The zero-order valence-electron chi connectivity index (χ0n) is 10.0. The van der Waals surface area contributed by atoms with E-state index in [1.54, 1.807) is 0 Å². The van der Waals surface area contributed by atoms with Crippen molar-refractivity contribution in [2.45, 2.75) is 17.4 Å². The van der Waals surface area contributed by atoms with E-state index in [1.165, 1.54) is 24.3 Å². The number of thiazole rings is 1. The van der Waals surface area contributed by atoms with Gasteiger partial charge in [-0.3, -0.25) is 14.4 Å². The smallest absolute Gasteiger partial charge is 0.305 e. The van der Waals surface area contributed by atoms with E-state index in [0.29, 0.717) is 15.5 Å². The summed E-state index contributed by atoms with van der Waals surface area (Å²) in [5.41, 5.74) is 0.362. The molecule has 3 rings (SSSR count). The Morgan fingerprint density at radius 1 is 1.25 bits per heavy atom. The van der Waals surface area contributed by atoms with E-state index in [1.807, 2.05) is 0 Å². The molecule has 2 heterocycles. The fourth-order valence-corrected chi connectivity index (χ4v) is 4.17. The van der Waals surface area contributed by atoms with Crippen molar-refractivity contribution in [3.05, 3.63) is 50.2 Å². The number of rotatable bonds is 3. The number of hydrogen-bond acceptors (Lipinski definition) is 5. The SMILES string of the molecule is O=C(CC1C(=O)Sc2[nH]c(=O)sc21)c1ccc(F)cc1. The van der Waals surface area contributed by atoms with E-state index in [4.69, 9.17) is 0 Å². The molecule has 0 spiro atoms. The standard InChI is InChI=1S/C13H8FNO3S2/c14-7-3-1-6(2-4-7)9(16)5-8-10-11(20-12(8)17)15-13(18)19-10/h1-4,8H,5H2,(H,15,18). The van der Waals surface area contributed by atoms with Crippen LogP contribution in [0.1, 0.15) is 27.6 Å². The van der Waals surface area contributed by atoms with Gasteiger partial charge < -0.3 is 4.98 Å². The van der Waals surface area contributed by atoms with E-state index in [-0.39, 0.29) is 22.2 Å². The van der Waals surface area contributed by atoms with Gasteiger partial charge in [-0.15, -0.1) is 0 Å². The van der Waals surface area contributed by atoms with Gasteiger partial charge >= 0.3 is 4.87 Å². The lowest BCUT2D eigenvalue weighted by atomic mass is 9.98. The molecule has 0 saturated carbocycles. The van der Waals surface area contributed by atoms with Crippen LogP contribution in [0.3, 0.4) is 0 Å². The van der Waals surface area contributed by atoms with Crippen LogP contribution in [0.25, 0.3) is 0 Å². The molecule has 0 bridgehead atoms. The zero-order valence-corrected chi connectivity index (χ0v) is 11.6. The van der Waals surface area contributed by atoms with Crippen molar-refractivity contribution in [2.24, 2.45) is 0 Å². The van der Waals surface area contributed by atoms with Gasteiger partial charge in [0.2, 0.25) is 5.12 Å². The summed E-state index contributed by atoms with van der Waals surface area (Å²) in [5, 5.41) is 0.403. The molecule has 1 N–H and O–H groups in total. The highest BCUT2D eigenvalue weighted by molar-refractivity contribution is 8.14. The van der Waals surface area contributed by atoms with E-state index in [2.05, 4.69) is 4.98 Å². The Bertz CT molecular complexity index is 748. The molecule has 1 aliphatic rings. The predicted octanol–water partition coefficient (Wildman–Crippen LogP) is 2.56. The molecule has 4 nitrogen and oxygen atoms in total. The third-order valence-corrected chi connectivity index (χ3v) is 5.14. The molecule has 0 amide bonds. The fourth-order valence-electron chi connectivity index (χ4n) is 2.03. The van der Waals surface area contributed by atoms with Crippen molar-refractivity contribution in [3.63, 3.8) is 0 Å². The number of halogens is 1. The maximum Gasteiger partial charge on any atom is 0.305 e. The van der Waals surface area contributed by atoms with Crippen LogP contribution in [0.15, 0.2) is 34.1 Å². The number of H-pyrrole nitrogens is 1. The zero-order chi connectivity index (χ0) is 14.3. The minimum Gasteiger partial charge on any atom is -0.307 e. The number of hydrogen-bond donors (Lipinski definition) is 1. The van der Waals surface area contributed by atoms with Crippen molar-refractivity contribution < 1.29 is 14.0 Å². The van der Waals surface area contributed by atoms with Gasteiger partial charge in [-0.2, -0.15) is 0 Å². The number of thioether (sulfide) groups is 1. The molecule has 1 aliphatic heterocycles. The molecule has 0 saturated heterocycles. The Morgan fingerprint density at radius 2 is 1.95 bits per heavy atom. The summed E-state index contributed by atoms with van der Waals surface area (Å²) >= 11 is 1.93. The molecule has 1 unspecified atom stereocenters. The summed E-state index contributed by atoms with van der Waals surface area (Å²) in [6.07, 6.45) is -0.00173. The van der Waals surface area contributed by atoms with Gasteiger partial charge in [0.1, 0.15) is 5.82 Å². The normalized spacial score (nSPS) is 17.2. The van der Waals surface area contributed by atoms with E-state index >= 15 is 0 Å². The number of aromatic nitrogens is 1. The molecule has 20 heavy (non-hydrogen) atoms. The first-order valence-electron chi connectivity index (χ1n) is 5.78. The fraction of sp³-hybridized carbons (Fsp3) is 0.154. The molecule has 0 aliphatic carbocycles. The minimum atomic E-state index is -0.587. The van der Waals surface area contributed by atoms with Gasteiger partial charge in [0, 0.05) is 12.0 Å². The average Bonchev–Trinajstić information content (AvgIpc) is 2.88. The lowest BCUT2D eigenvalue weighted by molar-refractivity contribution is -0.111. The Morgan fingerprint density at radius 3 is 2.65 bits per heavy atom. The third kappa shape index (κ3) is 2.34. The van der Waals surface area contributed by atoms with Gasteiger partial charge in [-0.1, -0.05) is 11.3 Å². The first-order valence-corrected chi connectivity index (χ1v) is 7.41. The van der Waals surface area contributed by atoms with Crippen molar-refractivity contribution in [1.82, 2.24) is 4.98 Å². The number of benzene rings is 1. The first kappa shape index (κ1) is 13.3. The van der Waals surface area contributed by atoms with Crippen molar-refractivity contribution in [2.75, 3.05) is 0 Å². The number of fused-ring (bicyclic) bond motifs is 1. The maximum atomic E-state index is 12.8. The van der Waals surface area contributed by atoms with Crippen LogP contribution in [0.2, 0.25) is 0 Å². The van der Waals surface area contributed by atoms with Crippen LogP contribution in [0.4, 0.5) is 4.39 Å². The lowest BCUT2D eigenvalue weighted by Gasteiger charge is -2.06. The van der Waals surface area contributed by atoms with Crippen LogP contribution in [-0.4, -0.2) is 15.9 Å². The number of aromatic amines is 1. The largest absolute Gasteiger partial charge is 0.307 e. The Kier molecular flexibility index (Phi) is 3.31. The van der Waals surface area contributed by atoms with Crippen molar-refractivity contribution in [1.29, 1.82) is 0 Å². The van der Waals surface area contributed by atoms with Crippen molar-refractivity contribution >= 4 is 34.0 Å². The van der Waals surface area contributed by atoms with Crippen molar-refractivity contribution in [3.8, 4) is 0 Å². The third-order valence-electron chi connectivity index (χ3n) is 3.00. The number of nitrogens with one attached hydrogen (secondary N) is 1. The van der Waals surface area contributed by atoms with Gasteiger partial charge in [0.15, 0.2) is 5.78 Å². The highest BCUT2D eigenvalue weighted by atomic mass is 32.2. The van der Waals surface area contributed by atoms with Gasteiger partial charge in [0.05, 0.1) is 15.8 Å². The molecule has 0 radical (unpaired) electrons. The second-order valence-corrected chi connectivity index (χ2v) is 6.35. The highest BCUT2D eigenvalue weighted by Crippen LogP contribution is 2.43. The summed E-state index contributed by atoms with van der Waals surface area (Å²) in [4.78, 5) is 38.2. The molecule has 1 aromatic heterocycles. The Labute approximate surface area is 121 Å². The predicted molar refractivity (Wildman–Crippen MR) is 73.9 cm³/mol. The molecule has 102 valence electrons. The van der Waals surface area contributed by atoms with Crippen LogP contribution >= 0.6 is 23.1 Å². The summed E-state index contributed by atoms with van der Waals surface area (Å²) in [7, 11) is 0. The summed E-state index contributed by atoms with van der Waals surface area (Å²) in [5.74, 6) is -1.24. The topological polar surface area (TPSA) is 67.0 Å². The molecule has 0 fully saturated rings. The number of Topliss-reactive ketones (excluding diaryl/α,β-unsaturated/α-hetero) is 1. The second-order valence-electron chi connectivity index (χ2n) is 4.32. The van der Waals surface area contributed by atoms with Crippen LogP contribution in [0, 0.1) is 5.82 Å². The number of carbonyl (C=O) groups excluding carboxylic acids is 2. The molecular weight excluding hydrogens is 301 g/mol. The van der Waals surface area contributed by atoms with E-state index in [0.717, 1.165) is 23.1 Å². The molecule has 2 aromatic rings. The highest BCUT2D eigenvalue weighted by Gasteiger charge is 2.36. The number of ketones is 1. The first-order chi connectivity index (χ1) is 9.54. The quantitative estimate of drug-likeness (QED) is 0.885. The lowest BCUT2D eigenvalue weighted by Crippen LogP contribution is -2.10. The molecule has 1 atom stereocenters. The van der Waals surface area contributed by atoms with E-state index in [9.17, 15) is 18.8 Å². The Balaban J connectivity index is 1.84. The summed E-state index contributed by atoms with van der Waals surface area (Å²) in [6.45, 7) is 0. The van der Waals surface area contributed by atoms with E-state index < -0.39 is 11.7 Å². The number of carbonyl (C=O) groups is 2.